The maximum absolute atomic E-state index is 12.9. The van der Waals surface area contributed by atoms with Crippen LogP contribution >= 0.6 is 11.3 Å². The summed E-state index contributed by atoms with van der Waals surface area (Å²) in [4.78, 5) is 13.1. The molecule has 0 saturated carbocycles. The summed E-state index contributed by atoms with van der Waals surface area (Å²) in [7, 11) is -3.51. The topological polar surface area (TPSA) is 71.4 Å². The van der Waals surface area contributed by atoms with E-state index in [4.69, 9.17) is 0 Å². The van der Waals surface area contributed by atoms with Crippen molar-refractivity contribution >= 4 is 37.9 Å². The predicted octanol–water partition coefficient (Wildman–Crippen LogP) is 4.84. The third-order valence-electron chi connectivity index (χ3n) is 5.36. The van der Waals surface area contributed by atoms with Crippen LogP contribution in [0.25, 0.3) is 21.2 Å². The number of hydrogen-bond acceptors (Lipinski definition) is 4. The van der Waals surface area contributed by atoms with Crippen LogP contribution in [0.4, 0.5) is 0 Å². The Kier molecular flexibility index (Phi) is 4.56. The minimum atomic E-state index is -3.51. The molecule has 3 aromatic rings. The van der Waals surface area contributed by atoms with Gasteiger partial charge in [-0.1, -0.05) is 42.8 Å². The molecule has 1 saturated heterocycles. The van der Waals surface area contributed by atoms with Crippen molar-refractivity contribution in [3.63, 3.8) is 0 Å². The molecule has 0 radical (unpaired) electrons. The number of thiophene rings is 1. The summed E-state index contributed by atoms with van der Waals surface area (Å²) < 4.78 is 24.5. The van der Waals surface area contributed by atoms with E-state index in [1.807, 2.05) is 30.3 Å². The molecule has 0 unspecified atom stereocenters. The van der Waals surface area contributed by atoms with Crippen molar-refractivity contribution in [1.82, 2.24) is 0 Å². The number of benzene rings is 2. The van der Waals surface area contributed by atoms with E-state index in [0.717, 1.165) is 27.6 Å². The van der Waals surface area contributed by atoms with Gasteiger partial charge in [-0.05, 0) is 47.4 Å². The van der Waals surface area contributed by atoms with E-state index in [1.165, 1.54) is 11.3 Å². The van der Waals surface area contributed by atoms with Crippen molar-refractivity contribution in [3.05, 3.63) is 59.5 Å². The molecule has 1 fully saturated rings. The van der Waals surface area contributed by atoms with Gasteiger partial charge < -0.3 is 5.11 Å². The molecule has 4 nitrogen and oxygen atoms in total. The van der Waals surface area contributed by atoms with Gasteiger partial charge in [-0.15, -0.1) is 11.3 Å². The fourth-order valence-corrected chi connectivity index (χ4v) is 7.71. The average Bonchev–Trinajstić information content (AvgIpc) is 3.13. The number of carboxylic acid groups (broad SMARTS) is 1. The maximum Gasteiger partial charge on any atom is 0.305 e. The SMILES string of the molecule is O=C(O)C[C@]1(c2ccc(-c3ccc4ccccc4c3)s2)CCCCS1(=O)=O. The molecular formula is C21H20O4S2. The van der Waals surface area contributed by atoms with Crippen molar-refractivity contribution in [3.8, 4) is 10.4 Å². The van der Waals surface area contributed by atoms with Gasteiger partial charge in [0, 0.05) is 9.75 Å². The fraction of sp³-hybridized carbons (Fsp3) is 0.286. The highest BCUT2D eigenvalue weighted by molar-refractivity contribution is 7.92. The van der Waals surface area contributed by atoms with Gasteiger partial charge >= 0.3 is 5.97 Å². The number of aliphatic carboxylic acids is 1. The number of sulfone groups is 1. The third-order valence-corrected chi connectivity index (χ3v) is 9.42. The summed E-state index contributed by atoms with van der Waals surface area (Å²) in [6.45, 7) is 0. The van der Waals surface area contributed by atoms with Crippen LogP contribution in [0.5, 0.6) is 0 Å². The van der Waals surface area contributed by atoms with E-state index >= 15 is 0 Å². The summed E-state index contributed by atoms with van der Waals surface area (Å²) in [6, 6.07) is 18.0. The minimum absolute atomic E-state index is 0.0590. The second-order valence-electron chi connectivity index (χ2n) is 7.07. The molecule has 0 spiro atoms. The maximum atomic E-state index is 12.9. The standard InChI is InChI=1S/C21H20O4S2/c22-20(23)14-21(11-3-4-12-27(21,24)25)19-10-9-18(26-19)17-8-7-15-5-1-2-6-16(15)13-17/h1-2,5-10,13H,3-4,11-12,14H2,(H,22,23)/t21-/m0/s1. The average molecular weight is 401 g/mol. The molecule has 2 heterocycles. The van der Waals surface area contributed by atoms with Crippen LogP contribution in [-0.2, 0) is 19.4 Å². The number of carboxylic acids is 1. The minimum Gasteiger partial charge on any atom is -0.481 e. The summed E-state index contributed by atoms with van der Waals surface area (Å²) in [5, 5.41) is 11.7. The highest BCUT2D eigenvalue weighted by Crippen LogP contribution is 2.47. The monoisotopic (exact) mass is 400 g/mol. The zero-order valence-corrected chi connectivity index (χ0v) is 16.4. The van der Waals surface area contributed by atoms with Crippen molar-refractivity contribution in [2.24, 2.45) is 0 Å². The first kappa shape index (κ1) is 18.2. The van der Waals surface area contributed by atoms with E-state index in [-0.39, 0.29) is 12.2 Å². The summed E-state index contributed by atoms with van der Waals surface area (Å²) >= 11 is 1.40. The Labute approximate surface area is 162 Å². The van der Waals surface area contributed by atoms with Crippen LogP contribution in [0, 0.1) is 0 Å². The van der Waals surface area contributed by atoms with Crippen LogP contribution in [0.2, 0.25) is 0 Å². The second-order valence-corrected chi connectivity index (χ2v) is 10.6. The number of fused-ring (bicyclic) bond motifs is 1. The molecule has 1 atom stereocenters. The van der Waals surface area contributed by atoms with Gasteiger partial charge in [0.1, 0.15) is 4.75 Å². The van der Waals surface area contributed by atoms with Crippen LogP contribution in [-0.4, -0.2) is 25.2 Å². The van der Waals surface area contributed by atoms with Gasteiger partial charge in [0.25, 0.3) is 0 Å². The van der Waals surface area contributed by atoms with Gasteiger partial charge in [-0.2, -0.15) is 0 Å². The molecular weight excluding hydrogens is 380 g/mol. The Balaban J connectivity index is 1.80. The predicted molar refractivity (Wildman–Crippen MR) is 109 cm³/mol. The summed E-state index contributed by atoms with van der Waals surface area (Å²) in [5.41, 5.74) is 1.02. The molecule has 0 aliphatic carbocycles. The smallest absolute Gasteiger partial charge is 0.305 e. The van der Waals surface area contributed by atoms with Crippen molar-refractivity contribution in [1.29, 1.82) is 0 Å². The van der Waals surface area contributed by atoms with Gasteiger partial charge in [0.15, 0.2) is 9.84 Å². The van der Waals surface area contributed by atoms with E-state index in [1.54, 1.807) is 6.07 Å². The molecule has 6 heteroatoms. The Morgan fingerprint density at radius 2 is 1.81 bits per heavy atom. The third kappa shape index (κ3) is 3.17. The Bertz CT molecular complexity index is 1110. The number of carbonyl (C=O) groups is 1. The van der Waals surface area contributed by atoms with Gasteiger partial charge in [-0.25, -0.2) is 8.42 Å². The van der Waals surface area contributed by atoms with Gasteiger partial charge in [-0.3, -0.25) is 4.79 Å². The van der Waals surface area contributed by atoms with Crippen molar-refractivity contribution < 1.29 is 18.3 Å². The highest BCUT2D eigenvalue weighted by Gasteiger charge is 2.49. The Morgan fingerprint density at radius 1 is 1.04 bits per heavy atom. The number of hydrogen-bond donors (Lipinski definition) is 1. The lowest BCUT2D eigenvalue weighted by Gasteiger charge is -2.34. The molecule has 1 aliphatic heterocycles. The lowest BCUT2D eigenvalue weighted by atomic mass is 9.95. The first-order valence-corrected chi connectivity index (χ1v) is 11.4. The van der Waals surface area contributed by atoms with E-state index in [2.05, 4.69) is 18.2 Å². The quantitative estimate of drug-likeness (QED) is 0.680. The van der Waals surface area contributed by atoms with E-state index in [0.29, 0.717) is 17.7 Å². The normalized spacial score (nSPS) is 21.9. The molecule has 0 amide bonds. The second kappa shape index (κ2) is 6.77. The molecule has 27 heavy (non-hydrogen) atoms. The Morgan fingerprint density at radius 3 is 2.56 bits per heavy atom. The van der Waals surface area contributed by atoms with Crippen LogP contribution < -0.4 is 0 Å². The number of rotatable bonds is 4. The van der Waals surface area contributed by atoms with E-state index < -0.39 is 20.6 Å². The van der Waals surface area contributed by atoms with Gasteiger partial charge in [0.05, 0.1) is 12.2 Å². The van der Waals surface area contributed by atoms with Crippen molar-refractivity contribution in [2.75, 3.05) is 5.75 Å². The lowest BCUT2D eigenvalue weighted by Crippen LogP contribution is -2.41. The van der Waals surface area contributed by atoms with Crippen molar-refractivity contribution in [2.45, 2.75) is 30.4 Å². The van der Waals surface area contributed by atoms with Crippen LogP contribution in [0.15, 0.2) is 54.6 Å². The highest BCUT2D eigenvalue weighted by atomic mass is 32.2. The molecule has 1 aliphatic rings. The van der Waals surface area contributed by atoms with Gasteiger partial charge in [0.2, 0.25) is 0 Å². The van der Waals surface area contributed by atoms with Crippen LogP contribution in [0.3, 0.4) is 0 Å². The molecule has 1 N–H and O–H groups in total. The molecule has 140 valence electrons. The molecule has 2 aromatic carbocycles. The zero-order chi connectivity index (χ0) is 19.1. The molecule has 1 aromatic heterocycles. The summed E-state index contributed by atoms with van der Waals surface area (Å²) in [6.07, 6.45) is 1.34. The summed E-state index contributed by atoms with van der Waals surface area (Å²) in [5.74, 6) is -1.01. The fourth-order valence-electron chi connectivity index (χ4n) is 3.94. The Hall–Kier alpha value is -2.18. The van der Waals surface area contributed by atoms with Crippen LogP contribution in [0.1, 0.15) is 30.6 Å². The molecule has 0 bridgehead atoms. The first-order valence-electron chi connectivity index (χ1n) is 8.95. The molecule has 4 rings (SSSR count). The first-order chi connectivity index (χ1) is 12.9. The largest absolute Gasteiger partial charge is 0.481 e. The lowest BCUT2D eigenvalue weighted by molar-refractivity contribution is -0.137. The van der Waals surface area contributed by atoms with E-state index in [9.17, 15) is 18.3 Å². The zero-order valence-electron chi connectivity index (χ0n) is 14.7.